The minimum absolute atomic E-state index is 0.121. The third-order valence-corrected chi connectivity index (χ3v) is 3.81. The molecule has 0 bridgehead atoms. The molecule has 0 aliphatic heterocycles. The molecule has 1 saturated carbocycles. The van der Waals surface area contributed by atoms with Gasteiger partial charge in [0.15, 0.2) is 5.96 Å². The van der Waals surface area contributed by atoms with Crippen LogP contribution in [0.4, 0.5) is 0 Å². The van der Waals surface area contributed by atoms with Crippen LogP contribution in [-0.4, -0.2) is 11.9 Å². The highest BCUT2D eigenvalue weighted by molar-refractivity contribution is 6.30. The number of hydrogen-bond donors (Lipinski definition) is 2. The first-order valence-corrected chi connectivity index (χ1v) is 6.11. The number of carbonyl (C=O) groups is 1. The van der Waals surface area contributed by atoms with Crippen molar-refractivity contribution in [2.45, 2.75) is 19.8 Å². The third-order valence-electron chi connectivity index (χ3n) is 3.56. The Morgan fingerprint density at radius 2 is 1.83 bits per heavy atom. The van der Waals surface area contributed by atoms with Gasteiger partial charge in [0.1, 0.15) is 0 Å². The zero-order valence-electron chi connectivity index (χ0n) is 10.4. The maximum Gasteiger partial charge on any atom is 0.253 e. The number of benzene rings is 1. The summed E-state index contributed by atoms with van der Waals surface area (Å²) in [6.45, 7) is 4.08. The zero-order chi connectivity index (χ0) is 13.5. The molecule has 0 spiro atoms. The Bertz CT molecular complexity index is 503. The van der Waals surface area contributed by atoms with Crippen LogP contribution in [0.3, 0.4) is 0 Å². The molecule has 2 atom stereocenters. The summed E-state index contributed by atoms with van der Waals surface area (Å²) in [7, 11) is 0. The van der Waals surface area contributed by atoms with E-state index in [1.807, 2.05) is 38.1 Å². The molecule has 0 aromatic heterocycles. The first-order valence-electron chi connectivity index (χ1n) is 5.73. The SMILES string of the molecule is CC1(C)C(C(=O)N=C(N)N)C1c1ccc(Cl)cc1. The Balaban J connectivity index is 2.23. The van der Waals surface area contributed by atoms with Crippen LogP contribution >= 0.6 is 11.6 Å². The van der Waals surface area contributed by atoms with Crippen LogP contribution in [0.25, 0.3) is 0 Å². The normalized spacial score (nSPS) is 24.4. The molecule has 0 radical (unpaired) electrons. The lowest BCUT2D eigenvalue weighted by atomic mass is 10.0. The second-order valence-electron chi connectivity index (χ2n) is 5.20. The lowest BCUT2D eigenvalue weighted by molar-refractivity contribution is -0.119. The fourth-order valence-electron chi connectivity index (χ4n) is 2.59. The van der Waals surface area contributed by atoms with Crippen molar-refractivity contribution in [3.8, 4) is 0 Å². The monoisotopic (exact) mass is 265 g/mol. The van der Waals surface area contributed by atoms with Gasteiger partial charge in [0.2, 0.25) is 0 Å². The maximum absolute atomic E-state index is 11.9. The van der Waals surface area contributed by atoms with Crippen molar-refractivity contribution in [1.82, 2.24) is 0 Å². The summed E-state index contributed by atoms with van der Waals surface area (Å²) in [5.41, 5.74) is 11.5. The van der Waals surface area contributed by atoms with Crippen molar-refractivity contribution in [1.29, 1.82) is 0 Å². The Morgan fingerprint density at radius 3 is 2.33 bits per heavy atom. The van der Waals surface area contributed by atoms with Gasteiger partial charge >= 0.3 is 0 Å². The van der Waals surface area contributed by atoms with E-state index in [1.165, 1.54) is 0 Å². The van der Waals surface area contributed by atoms with E-state index in [0.29, 0.717) is 5.02 Å². The lowest BCUT2D eigenvalue weighted by Gasteiger charge is -2.02. The zero-order valence-corrected chi connectivity index (χ0v) is 11.1. The fourth-order valence-corrected chi connectivity index (χ4v) is 2.71. The van der Waals surface area contributed by atoms with E-state index in [2.05, 4.69) is 4.99 Å². The van der Waals surface area contributed by atoms with Crippen molar-refractivity contribution < 1.29 is 4.79 Å². The Kier molecular flexibility index (Phi) is 3.07. The molecule has 4 nitrogen and oxygen atoms in total. The molecule has 0 heterocycles. The molecular weight excluding hydrogens is 250 g/mol. The highest BCUT2D eigenvalue weighted by atomic mass is 35.5. The van der Waals surface area contributed by atoms with Gasteiger partial charge in [-0.1, -0.05) is 37.6 Å². The van der Waals surface area contributed by atoms with Gasteiger partial charge in [-0.3, -0.25) is 4.79 Å². The molecule has 1 aliphatic rings. The molecule has 96 valence electrons. The number of hydrogen-bond acceptors (Lipinski definition) is 1. The standard InChI is InChI=1S/C13H16ClN3O/c1-13(2)9(7-3-5-8(14)6-4-7)10(13)11(18)17-12(15)16/h3-6,9-10H,1-2H3,(H4,15,16,17,18). The first kappa shape index (κ1) is 12.9. The van der Waals surface area contributed by atoms with Crippen LogP contribution < -0.4 is 11.5 Å². The van der Waals surface area contributed by atoms with Gasteiger partial charge in [0.25, 0.3) is 5.91 Å². The van der Waals surface area contributed by atoms with Gasteiger partial charge in [-0.05, 0) is 23.1 Å². The van der Waals surface area contributed by atoms with Gasteiger partial charge in [-0.2, -0.15) is 4.99 Å². The van der Waals surface area contributed by atoms with Crippen LogP contribution in [-0.2, 0) is 4.79 Å². The average molecular weight is 266 g/mol. The molecular formula is C13H16ClN3O. The quantitative estimate of drug-likeness (QED) is 0.633. The van der Waals surface area contributed by atoms with Crippen molar-refractivity contribution in [2.24, 2.45) is 27.8 Å². The lowest BCUT2D eigenvalue weighted by Crippen LogP contribution is -2.25. The number of rotatable bonds is 2. The van der Waals surface area contributed by atoms with E-state index in [4.69, 9.17) is 23.1 Å². The topological polar surface area (TPSA) is 81.5 Å². The minimum atomic E-state index is -0.250. The van der Waals surface area contributed by atoms with Crippen LogP contribution in [0.2, 0.25) is 5.02 Å². The average Bonchev–Trinajstić information content (AvgIpc) is 2.82. The highest BCUT2D eigenvalue weighted by Gasteiger charge is 2.62. The molecule has 5 heteroatoms. The number of halogens is 1. The summed E-state index contributed by atoms with van der Waals surface area (Å²) in [6.07, 6.45) is 0. The maximum atomic E-state index is 11.9. The third kappa shape index (κ3) is 2.20. The second-order valence-corrected chi connectivity index (χ2v) is 5.64. The summed E-state index contributed by atoms with van der Waals surface area (Å²) in [4.78, 5) is 15.5. The molecule has 2 rings (SSSR count). The highest BCUT2D eigenvalue weighted by Crippen LogP contribution is 2.64. The number of aliphatic imine (C=N–C) groups is 1. The minimum Gasteiger partial charge on any atom is -0.370 e. The predicted octanol–water partition coefficient (Wildman–Crippen LogP) is 1.88. The molecule has 18 heavy (non-hydrogen) atoms. The van der Waals surface area contributed by atoms with E-state index < -0.39 is 0 Å². The Hall–Kier alpha value is -1.55. The number of carbonyl (C=O) groups excluding carboxylic acids is 1. The van der Waals surface area contributed by atoms with Gasteiger partial charge in [-0.25, -0.2) is 0 Å². The summed E-state index contributed by atoms with van der Waals surface area (Å²) in [6, 6.07) is 7.54. The van der Waals surface area contributed by atoms with E-state index >= 15 is 0 Å². The van der Waals surface area contributed by atoms with Gasteiger partial charge < -0.3 is 11.5 Å². The Labute approximate surface area is 111 Å². The van der Waals surface area contributed by atoms with E-state index in [0.717, 1.165) is 5.56 Å². The predicted molar refractivity (Wildman–Crippen MR) is 72.3 cm³/mol. The van der Waals surface area contributed by atoms with Crippen LogP contribution in [0.5, 0.6) is 0 Å². The van der Waals surface area contributed by atoms with Crippen LogP contribution in [0.1, 0.15) is 25.3 Å². The van der Waals surface area contributed by atoms with E-state index in [9.17, 15) is 4.79 Å². The molecule has 1 fully saturated rings. The molecule has 2 unspecified atom stereocenters. The molecule has 1 amide bonds. The Morgan fingerprint density at radius 1 is 1.28 bits per heavy atom. The molecule has 1 aromatic carbocycles. The van der Waals surface area contributed by atoms with Gasteiger partial charge in [0.05, 0.1) is 5.92 Å². The van der Waals surface area contributed by atoms with Gasteiger partial charge in [-0.15, -0.1) is 0 Å². The summed E-state index contributed by atoms with van der Waals surface area (Å²) in [5, 5.41) is 0.685. The second kappa shape index (κ2) is 4.28. The molecule has 4 N–H and O–H groups in total. The number of nitrogens with two attached hydrogens (primary N) is 2. The number of guanidine groups is 1. The van der Waals surface area contributed by atoms with Crippen molar-refractivity contribution in [2.75, 3.05) is 0 Å². The summed E-state index contributed by atoms with van der Waals surface area (Å²) < 4.78 is 0. The largest absolute Gasteiger partial charge is 0.370 e. The van der Waals surface area contributed by atoms with Crippen molar-refractivity contribution in [3.05, 3.63) is 34.9 Å². The van der Waals surface area contributed by atoms with Crippen molar-refractivity contribution >= 4 is 23.5 Å². The van der Waals surface area contributed by atoms with Crippen LogP contribution in [0.15, 0.2) is 29.3 Å². The van der Waals surface area contributed by atoms with Crippen molar-refractivity contribution in [3.63, 3.8) is 0 Å². The number of amides is 1. The fraction of sp³-hybridized carbons (Fsp3) is 0.385. The molecule has 0 saturated heterocycles. The van der Waals surface area contributed by atoms with E-state index in [1.54, 1.807) is 0 Å². The van der Waals surface area contributed by atoms with Crippen LogP contribution in [0, 0.1) is 11.3 Å². The molecule has 1 aliphatic carbocycles. The first-order chi connectivity index (χ1) is 8.34. The number of nitrogens with zero attached hydrogens (tertiary/aromatic N) is 1. The molecule has 1 aromatic rings. The smallest absolute Gasteiger partial charge is 0.253 e. The summed E-state index contributed by atoms with van der Waals surface area (Å²) in [5.74, 6) is -0.455. The van der Waals surface area contributed by atoms with Gasteiger partial charge in [0, 0.05) is 10.9 Å². The summed E-state index contributed by atoms with van der Waals surface area (Å²) >= 11 is 5.85. The van der Waals surface area contributed by atoms with E-state index in [-0.39, 0.29) is 29.1 Å².